The van der Waals surface area contributed by atoms with Gasteiger partial charge in [0.15, 0.2) is 6.61 Å². The largest absolute Gasteiger partial charge is 0.484 e. The van der Waals surface area contributed by atoms with Crippen LogP contribution in [0.2, 0.25) is 5.02 Å². The van der Waals surface area contributed by atoms with E-state index in [1.54, 1.807) is 30.3 Å². The molecule has 0 saturated carbocycles. The molecule has 0 unspecified atom stereocenters. The van der Waals surface area contributed by atoms with Gasteiger partial charge in [0, 0.05) is 17.6 Å². The Morgan fingerprint density at radius 1 is 1.13 bits per heavy atom. The third-order valence-corrected chi connectivity index (χ3v) is 5.57. The molecule has 0 aliphatic carbocycles. The Bertz CT molecular complexity index is 889. The standard InChI is InChI=1S/C24H30ClFN2O3/c1-5-17(4)27-24(30)22(6-2)28(14-18-7-9-19(26)10-8-18)23(29)15-31-20-11-12-21(25)16(3)13-20/h7-13,17,22H,5-6,14-15H2,1-4H3,(H,27,30)/t17-,22-/m0/s1. The van der Waals surface area contributed by atoms with E-state index >= 15 is 0 Å². The Labute approximate surface area is 188 Å². The van der Waals surface area contributed by atoms with Crippen LogP contribution >= 0.6 is 11.6 Å². The van der Waals surface area contributed by atoms with Crippen LogP contribution in [0.1, 0.15) is 44.7 Å². The normalized spacial score (nSPS) is 12.7. The van der Waals surface area contributed by atoms with Crippen LogP contribution in [0, 0.1) is 12.7 Å². The van der Waals surface area contributed by atoms with Crippen molar-refractivity contribution in [3.8, 4) is 5.75 Å². The molecule has 2 rings (SSSR count). The number of benzene rings is 2. The minimum absolute atomic E-state index is 0.00221. The van der Waals surface area contributed by atoms with Crippen LogP contribution in [0.25, 0.3) is 0 Å². The first kappa shape index (κ1) is 24.7. The summed E-state index contributed by atoms with van der Waals surface area (Å²) in [6, 6.07) is 10.4. The Hall–Kier alpha value is -2.60. The van der Waals surface area contributed by atoms with Gasteiger partial charge in [-0.25, -0.2) is 4.39 Å². The zero-order chi connectivity index (χ0) is 23.0. The smallest absolute Gasteiger partial charge is 0.261 e. The maximum Gasteiger partial charge on any atom is 0.261 e. The zero-order valence-electron chi connectivity index (χ0n) is 18.5. The molecule has 1 N–H and O–H groups in total. The highest BCUT2D eigenvalue weighted by molar-refractivity contribution is 6.31. The number of nitrogens with zero attached hydrogens (tertiary/aromatic N) is 1. The molecule has 0 aromatic heterocycles. The van der Waals surface area contributed by atoms with Gasteiger partial charge in [0.2, 0.25) is 5.91 Å². The molecule has 2 aromatic carbocycles. The van der Waals surface area contributed by atoms with Gasteiger partial charge in [-0.3, -0.25) is 9.59 Å². The van der Waals surface area contributed by atoms with Gasteiger partial charge >= 0.3 is 0 Å². The molecule has 0 bridgehead atoms. The van der Waals surface area contributed by atoms with E-state index in [0.29, 0.717) is 17.2 Å². The monoisotopic (exact) mass is 448 g/mol. The number of nitrogens with one attached hydrogen (secondary N) is 1. The third-order valence-electron chi connectivity index (χ3n) is 5.14. The lowest BCUT2D eigenvalue weighted by atomic mass is 10.1. The molecular formula is C24H30ClFN2O3. The first-order valence-corrected chi connectivity index (χ1v) is 10.9. The fourth-order valence-electron chi connectivity index (χ4n) is 3.08. The van der Waals surface area contributed by atoms with E-state index in [9.17, 15) is 14.0 Å². The summed E-state index contributed by atoms with van der Waals surface area (Å²) in [6.07, 6.45) is 1.22. The SMILES string of the molecule is CC[C@H](C)NC(=O)[C@H](CC)N(Cc1ccc(F)cc1)C(=O)COc1ccc(Cl)c(C)c1. The lowest BCUT2D eigenvalue weighted by Crippen LogP contribution is -2.51. The van der Waals surface area contributed by atoms with Crippen LogP contribution in [0.15, 0.2) is 42.5 Å². The molecule has 0 fully saturated rings. The van der Waals surface area contributed by atoms with Gasteiger partial charge in [0.1, 0.15) is 17.6 Å². The number of hydrogen-bond donors (Lipinski definition) is 1. The van der Waals surface area contributed by atoms with Crippen LogP contribution in [0.4, 0.5) is 4.39 Å². The Morgan fingerprint density at radius 2 is 1.81 bits per heavy atom. The number of rotatable bonds is 10. The van der Waals surface area contributed by atoms with Crippen LogP contribution in [0.3, 0.4) is 0 Å². The average Bonchev–Trinajstić information content (AvgIpc) is 2.75. The van der Waals surface area contributed by atoms with Gasteiger partial charge in [-0.15, -0.1) is 0 Å². The summed E-state index contributed by atoms with van der Waals surface area (Å²) in [5.41, 5.74) is 1.57. The topological polar surface area (TPSA) is 58.6 Å². The molecule has 2 atom stereocenters. The van der Waals surface area contributed by atoms with Crippen LogP contribution in [-0.2, 0) is 16.1 Å². The maximum absolute atomic E-state index is 13.3. The van der Waals surface area contributed by atoms with E-state index in [4.69, 9.17) is 16.3 Å². The molecule has 2 amide bonds. The highest BCUT2D eigenvalue weighted by atomic mass is 35.5. The summed E-state index contributed by atoms with van der Waals surface area (Å²) in [5.74, 6) is -0.378. The highest BCUT2D eigenvalue weighted by Crippen LogP contribution is 2.21. The fourth-order valence-corrected chi connectivity index (χ4v) is 3.20. The molecule has 0 saturated heterocycles. The Morgan fingerprint density at radius 3 is 2.39 bits per heavy atom. The van der Waals surface area contributed by atoms with E-state index in [-0.39, 0.29) is 36.8 Å². The minimum Gasteiger partial charge on any atom is -0.484 e. The molecule has 0 spiro atoms. The molecule has 7 heteroatoms. The molecule has 31 heavy (non-hydrogen) atoms. The molecule has 0 radical (unpaired) electrons. The van der Waals surface area contributed by atoms with Crippen molar-refractivity contribution in [3.05, 3.63) is 64.4 Å². The number of carbonyl (C=O) groups excluding carboxylic acids is 2. The molecule has 0 aliphatic heterocycles. The molecule has 168 valence electrons. The van der Waals surface area contributed by atoms with Gasteiger partial charge in [-0.1, -0.05) is 37.6 Å². The number of ether oxygens (including phenoxy) is 1. The van der Waals surface area contributed by atoms with Crippen molar-refractivity contribution in [1.82, 2.24) is 10.2 Å². The van der Waals surface area contributed by atoms with Gasteiger partial charge < -0.3 is 15.0 Å². The van der Waals surface area contributed by atoms with E-state index in [1.807, 2.05) is 27.7 Å². The predicted octanol–water partition coefficient (Wildman–Crippen LogP) is 4.89. The summed E-state index contributed by atoms with van der Waals surface area (Å²) < 4.78 is 19.0. The summed E-state index contributed by atoms with van der Waals surface area (Å²) in [4.78, 5) is 27.5. The molecule has 0 aliphatic rings. The fraction of sp³-hybridized carbons (Fsp3) is 0.417. The number of carbonyl (C=O) groups is 2. The maximum atomic E-state index is 13.3. The van der Waals surface area contributed by atoms with Crippen LogP contribution in [-0.4, -0.2) is 35.4 Å². The van der Waals surface area contributed by atoms with E-state index < -0.39 is 6.04 Å². The zero-order valence-corrected chi connectivity index (χ0v) is 19.2. The summed E-state index contributed by atoms with van der Waals surface area (Å²) in [6.45, 7) is 7.56. The number of amides is 2. The molecule has 0 heterocycles. The second-order valence-electron chi connectivity index (χ2n) is 7.59. The average molecular weight is 449 g/mol. The van der Waals surface area contributed by atoms with Crippen molar-refractivity contribution in [3.63, 3.8) is 0 Å². The lowest BCUT2D eigenvalue weighted by molar-refractivity contribution is -0.143. The van der Waals surface area contributed by atoms with E-state index in [1.165, 1.54) is 17.0 Å². The molecular weight excluding hydrogens is 419 g/mol. The number of aryl methyl sites for hydroxylation is 1. The summed E-state index contributed by atoms with van der Waals surface area (Å²) in [5, 5.41) is 3.57. The van der Waals surface area contributed by atoms with Gasteiger partial charge in [-0.05, 0) is 68.1 Å². The quantitative estimate of drug-likeness (QED) is 0.563. The minimum atomic E-state index is -0.665. The molecule has 5 nitrogen and oxygen atoms in total. The predicted molar refractivity (Wildman–Crippen MR) is 121 cm³/mol. The van der Waals surface area contributed by atoms with Crippen molar-refractivity contribution in [2.24, 2.45) is 0 Å². The molecule has 2 aromatic rings. The third kappa shape index (κ3) is 7.24. The van der Waals surface area contributed by atoms with Crippen molar-refractivity contribution < 1.29 is 18.7 Å². The first-order valence-electron chi connectivity index (χ1n) is 10.5. The first-order chi connectivity index (χ1) is 14.7. The summed E-state index contributed by atoms with van der Waals surface area (Å²) >= 11 is 6.04. The number of hydrogen-bond acceptors (Lipinski definition) is 3. The van der Waals surface area contributed by atoms with Crippen molar-refractivity contribution >= 4 is 23.4 Å². The van der Waals surface area contributed by atoms with Crippen LogP contribution < -0.4 is 10.1 Å². The van der Waals surface area contributed by atoms with Crippen molar-refractivity contribution in [2.75, 3.05) is 6.61 Å². The Kier molecular flexibility index (Phi) is 9.31. The van der Waals surface area contributed by atoms with E-state index in [2.05, 4.69) is 5.32 Å². The highest BCUT2D eigenvalue weighted by Gasteiger charge is 2.29. The van der Waals surface area contributed by atoms with Gasteiger partial charge in [-0.2, -0.15) is 0 Å². The van der Waals surface area contributed by atoms with Crippen LogP contribution in [0.5, 0.6) is 5.75 Å². The van der Waals surface area contributed by atoms with Gasteiger partial charge in [0.25, 0.3) is 5.91 Å². The number of halogens is 2. The second-order valence-corrected chi connectivity index (χ2v) is 8.00. The Balaban J connectivity index is 2.21. The second kappa shape index (κ2) is 11.7. The van der Waals surface area contributed by atoms with Gasteiger partial charge in [0.05, 0.1) is 0 Å². The lowest BCUT2D eigenvalue weighted by Gasteiger charge is -2.31. The van der Waals surface area contributed by atoms with Crippen molar-refractivity contribution in [2.45, 2.75) is 59.2 Å². The summed E-state index contributed by atoms with van der Waals surface area (Å²) in [7, 11) is 0. The van der Waals surface area contributed by atoms with Crippen molar-refractivity contribution in [1.29, 1.82) is 0 Å². The van der Waals surface area contributed by atoms with E-state index in [0.717, 1.165) is 17.5 Å².